The number of thiazole rings is 1. The number of hydrogen-bond donors (Lipinski definition) is 2. The first-order valence-corrected chi connectivity index (χ1v) is 12.5. The zero-order valence-electron chi connectivity index (χ0n) is 20.4. The summed E-state index contributed by atoms with van der Waals surface area (Å²) in [5, 5.41) is 9.92. The Kier molecular flexibility index (Phi) is 7.23. The van der Waals surface area contributed by atoms with E-state index in [-0.39, 0.29) is 5.91 Å². The maximum atomic E-state index is 12.8. The van der Waals surface area contributed by atoms with E-state index in [0.717, 1.165) is 39.1 Å². The molecule has 186 valence electrons. The van der Waals surface area contributed by atoms with Gasteiger partial charge in [-0.3, -0.25) is 9.78 Å². The number of pyridine rings is 2. The van der Waals surface area contributed by atoms with Gasteiger partial charge >= 0.3 is 0 Å². The van der Waals surface area contributed by atoms with Gasteiger partial charge in [-0.05, 0) is 53.9 Å². The van der Waals surface area contributed by atoms with Crippen molar-refractivity contribution in [3.05, 3.63) is 100 Å². The van der Waals surface area contributed by atoms with Crippen LogP contribution in [0, 0.1) is 0 Å². The number of carbonyl (C=O) groups excluding carboxylic acids is 1. The van der Waals surface area contributed by atoms with Crippen molar-refractivity contribution in [1.29, 1.82) is 0 Å². The summed E-state index contributed by atoms with van der Waals surface area (Å²) < 4.78 is 10.9. The number of ether oxygens (including phenoxy) is 2. The van der Waals surface area contributed by atoms with Crippen molar-refractivity contribution in [3.8, 4) is 11.5 Å². The predicted octanol–water partition coefficient (Wildman–Crippen LogP) is 5.37. The number of amides is 1. The minimum atomic E-state index is -0.209. The highest BCUT2D eigenvalue weighted by Crippen LogP contribution is 2.33. The third-order valence-corrected chi connectivity index (χ3v) is 6.66. The number of anilines is 2. The molecule has 2 aromatic carbocycles. The van der Waals surface area contributed by atoms with Crippen LogP contribution < -0.4 is 20.1 Å². The molecule has 0 aliphatic rings. The molecule has 0 atom stereocenters. The lowest BCUT2D eigenvalue weighted by molar-refractivity contribution is 0.0951. The standard InChI is InChI=1S/C28H25N5O3S/c1-35-24-15-22-19(9-11-29-23(22)16-25(24)36-2)14-18-5-7-20(8-6-18)33-27-21(4-3-10-31-27)28(34)32-17-26-30-12-13-37-26/h3-13,15-16H,14,17H2,1-2H3,(H,31,33)(H,32,34). The van der Waals surface area contributed by atoms with Gasteiger partial charge in [0.05, 0.1) is 31.8 Å². The molecule has 5 aromatic rings. The van der Waals surface area contributed by atoms with Gasteiger partial charge in [-0.1, -0.05) is 12.1 Å². The summed E-state index contributed by atoms with van der Waals surface area (Å²) in [7, 11) is 3.25. The number of benzene rings is 2. The summed E-state index contributed by atoms with van der Waals surface area (Å²) in [5.41, 5.74) is 4.42. The molecule has 0 aliphatic carbocycles. The van der Waals surface area contributed by atoms with Crippen LogP contribution in [0.25, 0.3) is 10.9 Å². The van der Waals surface area contributed by atoms with E-state index in [4.69, 9.17) is 9.47 Å². The Morgan fingerprint density at radius 3 is 2.49 bits per heavy atom. The van der Waals surface area contributed by atoms with Crippen LogP contribution in [0.4, 0.5) is 11.5 Å². The van der Waals surface area contributed by atoms with Crippen LogP contribution in [0.1, 0.15) is 26.5 Å². The molecule has 0 radical (unpaired) electrons. The Bertz CT molecular complexity index is 1520. The Hall–Kier alpha value is -4.50. The van der Waals surface area contributed by atoms with Gasteiger partial charge in [0.15, 0.2) is 11.5 Å². The zero-order chi connectivity index (χ0) is 25.6. The second kappa shape index (κ2) is 11.0. The first kappa shape index (κ1) is 24.2. The molecule has 0 saturated heterocycles. The minimum Gasteiger partial charge on any atom is -0.493 e. The Morgan fingerprint density at radius 2 is 1.73 bits per heavy atom. The van der Waals surface area contributed by atoms with Gasteiger partial charge in [0.25, 0.3) is 5.91 Å². The lowest BCUT2D eigenvalue weighted by Crippen LogP contribution is -2.23. The molecule has 37 heavy (non-hydrogen) atoms. The van der Waals surface area contributed by atoms with Gasteiger partial charge in [0, 0.05) is 41.1 Å². The van der Waals surface area contributed by atoms with Gasteiger partial charge in [-0.2, -0.15) is 0 Å². The van der Waals surface area contributed by atoms with Crippen molar-refractivity contribution in [2.45, 2.75) is 13.0 Å². The zero-order valence-corrected chi connectivity index (χ0v) is 21.2. The lowest BCUT2D eigenvalue weighted by Gasteiger charge is -2.13. The summed E-state index contributed by atoms with van der Waals surface area (Å²) >= 11 is 1.50. The van der Waals surface area contributed by atoms with E-state index in [0.29, 0.717) is 29.4 Å². The van der Waals surface area contributed by atoms with E-state index in [9.17, 15) is 4.79 Å². The summed E-state index contributed by atoms with van der Waals surface area (Å²) in [6.07, 6.45) is 5.91. The molecule has 0 saturated carbocycles. The summed E-state index contributed by atoms with van der Waals surface area (Å²) in [6, 6.07) is 17.4. The average molecular weight is 512 g/mol. The van der Waals surface area contributed by atoms with E-state index in [2.05, 4.69) is 37.7 Å². The molecule has 0 bridgehead atoms. The Balaban J connectivity index is 1.31. The largest absolute Gasteiger partial charge is 0.493 e. The maximum absolute atomic E-state index is 12.8. The van der Waals surface area contributed by atoms with Crippen LogP contribution in [-0.4, -0.2) is 35.1 Å². The first-order chi connectivity index (χ1) is 18.1. The molecule has 5 rings (SSSR count). The summed E-state index contributed by atoms with van der Waals surface area (Å²) in [5.74, 6) is 1.61. The highest BCUT2D eigenvalue weighted by molar-refractivity contribution is 7.09. The molecular formula is C28H25N5O3S. The highest BCUT2D eigenvalue weighted by atomic mass is 32.1. The van der Waals surface area contributed by atoms with Gasteiger partial charge in [-0.15, -0.1) is 11.3 Å². The Labute approximate surface area is 218 Å². The predicted molar refractivity (Wildman–Crippen MR) is 145 cm³/mol. The van der Waals surface area contributed by atoms with Crippen LogP contribution in [0.2, 0.25) is 0 Å². The molecule has 0 fully saturated rings. The smallest absolute Gasteiger partial charge is 0.255 e. The number of rotatable bonds is 9. The summed E-state index contributed by atoms with van der Waals surface area (Å²) in [4.78, 5) is 25.8. The third kappa shape index (κ3) is 5.52. The fraction of sp³-hybridized carbons (Fsp3) is 0.143. The molecule has 3 heterocycles. The van der Waals surface area contributed by atoms with Gasteiger partial charge in [0.2, 0.25) is 0 Å². The fourth-order valence-corrected chi connectivity index (χ4v) is 4.58. The summed E-state index contributed by atoms with van der Waals surface area (Å²) in [6.45, 7) is 0.377. The number of nitrogens with zero attached hydrogens (tertiary/aromatic N) is 3. The first-order valence-electron chi connectivity index (χ1n) is 11.6. The molecule has 9 heteroatoms. The van der Waals surface area contributed by atoms with Crippen LogP contribution in [0.3, 0.4) is 0 Å². The Morgan fingerprint density at radius 1 is 0.919 bits per heavy atom. The normalized spacial score (nSPS) is 10.8. The van der Waals surface area contributed by atoms with Crippen molar-refractivity contribution in [1.82, 2.24) is 20.3 Å². The third-order valence-electron chi connectivity index (χ3n) is 5.88. The van der Waals surface area contributed by atoms with Crippen molar-refractivity contribution in [2.75, 3.05) is 19.5 Å². The molecule has 8 nitrogen and oxygen atoms in total. The highest BCUT2D eigenvalue weighted by Gasteiger charge is 2.14. The van der Waals surface area contributed by atoms with Crippen LogP contribution in [0.5, 0.6) is 11.5 Å². The van der Waals surface area contributed by atoms with E-state index in [1.54, 1.807) is 38.7 Å². The van der Waals surface area contributed by atoms with E-state index in [1.165, 1.54) is 11.3 Å². The van der Waals surface area contributed by atoms with Crippen molar-refractivity contribution >= 4 is 39.7 Å². The number of hydrogen-bond acceptors (Lipinski definition) is 8. The van der Waals surface area contributed by atoms with E-state index >= 15 is 0 Å². The van der Waals surface area contributed by atoms with Gasteiger partial charge in [0.1, 0.15) is 10.8 Å². The van der Waals surface area contributed by atoms with Gasteiger partial charge < -0.3 is 20.1 Å². The number of aromatic nitrogens is 3. The number of nitrogens with one attached hydrogen (secondary N) is 2. The van der Waals surface area contributed by atoms with Crippen molar-refractivity contribution in [2.24, 2.45) is 0 Å². The second-order valence-electron chi connectivity index (χ2n) is 8.20. The molecule has 2 N–H and O–H groups in total. The number of carbonyl (C=O) groups is 1. The molecule has 0 unspecified atom stereocenters. The second-order valence-corrected chi connectivity index (χ2v) is 9.18. The number of methoxy groups -OCH3 is 2. The van der Waals surface area contributed by atoms with E-state index in [1.807, 2.05) is 41.9 Å². The lowest BCUT2D eigenvalue weighted by atomic mass is 10.0. The number of fused-ring (bicyclic) bond motifs is 1. The fourth-order valence-electron chi connectivity index (χ4n) is 4.03. The minimum absolute atomic E-state index is 0.209. The maximum Gasteiger partial charge on any atom is 0.255 e. The SMILES string of the molecule is COc1cc2nccc(Cc3ccc(Nc4ncccc4C(=O)NCc4nccs4)cc3)c2cc1OC. The molecule has 0 aliphatic heterocycles. The molecule has 0 spiro atoms. The quantitative estimate of drug-likeness (QED) is 0.275. The monoisotopic (exact) mass is 511 g/mol. The molecule has 3 aromatic heterocycles. The van der Waals surface area contributed by atoms with Crippen LogP contribution in [-0.2, 0) is 13.0 Å². The van der Waals surface area contributed by atoms with Crippen molar-refractivity contribution < 1.29 is 14.3 Å². The molecular weight excluding hydrogens is 486 g/mol. The topological polar surface area (TPSA) is 98.3 Å². The average Bonchev–Trinajstić information content (AvgIpc) is 3.46. The van der Waals surface area contributed by atoms with Crippen LogP contribution in [0.15, 0.2) is 78.6 Å². The van der Waals surface area contributed by atoms with E-state index < -0.39 is 0 Å². The molecule has 1 amide bonds. The van der Waals surface area contributed by atoms with Crippen molar-refractivity contribution in [3.63, 3.8) is 0 Å². The van der Waals surface area contributed by atoms with Crippen LogP contribution >= 0.6 is 11.3 Å². The van der Waals surface area contributed by atoms with Gasteiger partial charge in [-0.25, -0.2) is 9.97 Å².